The van der Waals surface area contributed by atoms with Crippen molar-refractivity contribution in [2.24, 2.45) is 23.7 Å². The fraction of sp³-hybridized carbons (Fsp3) is 0.714. The number of unbranched alkanes of at least 4 members (excludes halogenated alkanes) is 3. The highest BCUT2D eigenvalue weighted by Gasteiger charge is 2.43. The lowest BCUT2D eigenvalue weighted by Gasteiger charge is -2.29. The van der Waals surface area contributed by atoms with Crippen LogP contribution in [0.4, 0.5) is 0 Å². The maximum absolute atomic E-state index is 12.6. The Hall–Kier alpha value is -1.76. The molecule has 1 aliphatic carbocycles. The molecule has 6 nitrogen and oxygen atoms in total. The van der Waals surface area contributed by atoms with E-state index in [4.69, 9.17) is 10.2 Å². The summed E-state index contributed by atoms with van der Waals surface area (Å²) in [5.74, 6) is 0.904. The first-order chi connectivity index (χ1) is 16.3. The minimum atomic E-state index is -0.590. The monoisotopic (exact) mass is 475 g/mol. The van der Waals surface area contributed by atoms with Crippen LogP contribution in [0.25, 0.3) is 0 Å². The van der Waals surface area contributed by atoms with Crippen LogP contribution in [0.15, 0.2) is 30.3 Å². The molecule has 0 heterocycles. The van der Waals surface area contributed by atoms with Gasteiger partial charge < -0.3 is 20.6 Å². The second kappa shape index (κ2) is 15.3. The van der Waals surface area contributed by atoms with Gasteiger partial charge in [0.2, 0.25) is 5.91 Å². The third-order valence-corrected chi connectivity index (χ3v) is 7.41. The van der Waals surface area contributed by atoms with Crippen LogP contribution in [0.3, 0.4) is 0 Å². The van der Waals surface area contributed by atoms with Gasteiger partial charge in [0.05, 0.1) is 25.4 Å². The molecule has 1 aromatic carbocycles. The molecule has 1 aromatic rings. The van der Waals surface area contributed by atoms with Crippen LogP contribution in [-0.2, 0) is 16.0 Å². The highest BCUT2D eigenvalue weighted by Crippen LogP contribution is 2.40. The Kier molecular flexibility index (Phi) is 12.8. The summed E-state index contributed by atoms with van der Waals surface area (Å²) in [5.41, 5.74) is 1.36. The maximum Gasteiger partial charge on any atom is 0.220 e. The van der Waals surface area contributed by atoms with Gasteiger partial charge in [0.1, 0.15) is 5.78 Å². The van der Waals surface area contributed by atoms with E-state index >= 15 is 0 Å². The Morgan fingerprint density at radius 1 is 1.06 bits per heavy atom. The summed E-state index contributed by atoms with van der Waals surface area (Å²) in [6.07, 6.45) is 7.66. The molecular weight excluding hydrogens is 430 g/mol. The van der Waals surface area contributed by atoms with Crippen LogP contribution >= 0.6 is 0 Å². The number of amides is 1. The molecule has 0 aromatic heterocycles. The summed E-state index contributed by atoms with van der Waals surface area (Å²) in [6.45, 7) is 3.93. The minimum absolute atomic E-state index is 0.0475. The predicted octanol–water partition coefficient (Wildman–Crippen LogP) is 3.66. The molecule has 0 saturated heterocycles. The average Bonchev–Trinajstić information content (AvgIpc) is 3.11. The standard InChI is InChI=1S/C28H45NO5/c1-20(14-15-22-10-6-5-7-11-22)16-21(2)28-24(25(32)17-26(28)33)12-8-3-4-9-13-27(34)29-23(18-30)19-31/h5-7,10-11,20-21,23-24,26,28,30-31,33H,3-4,8-9,12-19H2,1-2H3,(H,29,34). The Morgan fingerprint density at radius 2 is 1.74 bits per heavy atom. The largest absolute Gasteiger partial charge is 0.394 e. The minimum Gasteiger partial charge on any atom is -0.394 e. The van der Waals surface area contributed by atoms with E-state index in [1.165, 1.54) is 5.56 Å². The number of nitrogens with one attached hydrogen (secondary N) is 1. The van der Waals surface area contributed by atoms with Crippen molar-refractivity contribution in [3.8, 4) is 0 Å². The first-order valence-corrected chi connectivity index (χ1v) is 13.1. The van der Waals surface area contributed by atoms with Crippen LogP contribution < -0.4 is 5.32 Å². The average molecular weight is 476 g/mol. The molecule has 1 aliphatic rings. The van der Waals surface area contributed by atoms with E-state index in [1.807, 2.05) is 6.07 Å². The van der Waals surface area contributed by atoms with Gasteiger partial charge in [0.25, 0.3) is 0 Å². The van der Waals surface area contributed by atoms with Gasteiger partial charge in [-0.05, 0) is 55.4 Å². The first kappa shape index (κ1) is 28.5. The van der Waals surface area contributed by atoms with Crippen LogP contribution in [-0.4, -0.2) is 52.4 Å². The zero-order valence-electron chi connectivity index (χ0n) is 21.0. The third kappa shape index (κ3) is 9.47. The molecule has 0 radical (unpaired) electrons. The Labute approximate surface area is 205 Å². The van der Waals surface area contributed by atoms with Crippen molar-refractivity contribution in [2.75, 3.05) is 13.2 Å². The summed E-state index contributed by atoms with van der Waals surface area (Å²) in [6, 6.07) is 9.93. The fourth-order valence-electron chi connectivity index (χ4n) is 5.53. The Bertz CT molecular complexity index is 721. The number of ketones is 1. The molecule has 0 bridgehead atoms. The number of hydrogen-bond acceptors (Lipinski definition) is 5. The number of aliphatic hydroxyl groups is 3. The molecule has 0 spiro atoms. The highest BCUT2D eigenvalue weighted by atomic mass is 16.3. The summed E-state index contributed by atoms with van der Waals surface area (Å²) >= 11 is 0. The van der Waals surface area contributed by atoms with E-state index in [2.05, 4.69) is 43.4 Å². The maximum atomic E-state index is 12.6. The Balaban J connectivity index is 1.71. The lowest BCUT2D eigenvalue weighted by atomic mass is 9.76. The van der Waals surface area contributed by atoms with Gasteiger partial charge in [-0.1, -0.05) is 63.4 Å². The van der Waals surface area contributed by atoms with Crippen molar-refractivity contribution >= 4 is 11.7 Å². The highest BCUT2D eigenvalue weighted by molar-refractivity contribution is 5.84. The summed E-state index contributed by atoms with van der Waals surface area (Å²) in [5, 5.41) is 31.3. The molecule has 4 N–H and O–H groups in total. The van der Waals surface area contributed by atoms with Crippen LogP contribution in [0.1, 0.15) is 77.2 Å². The number of benzene rings is 1. The molecule has 5 unspecified atom stereocenters. The topological polar surface area (TPSA) is 107 Å². The van der Waals surface area contributed by atoms with E-state index < -0.39 is 12.1 Å². The fourth-order valence-corrected chi connectivity index (χ4v) is 5.53. The molecule has 192 valence electrons. The van der Waals surface area contributed by atoms with Crippen LogP contribution in [0, 0.1) is 23.7 Å². The smallest absolute Gasteiger partial charge is 0.220 e. The van der Waals surface area contributed by atoms with Gasteiger partial charge in [-0.15, -0.1) is 0 Å². The van der Waals surface area contributed by atoms with E-state index in [-0.39, 0.29) is 43.2 Å². The van der Waals surface area contributed by atoms with E-state index in [9.17, 15) is 14.7 Å². The lowest BCUT2D eigenvalue weighted by molar-refractivity contribution is -0.123. The van der Waals surface area contributed by atoms with Crippen molar-refractivity contribution in [1.82, 2.24) is 5.32 Å². The zero-order chi connectivity index (χ0) is 24.9. The van der Waals surface area contributed by atoms with Crippen molar-refractivity contribution < 1.29 is 24.9 Å². The second-order valence-corrected chi connectivity index (χ2v) is 10.3. The summed E-state index contributed by atoms with van der Waals surface area (Å²) in [7, 11) is 0. The molecule has 2 rings (SSSR count). The molecule has 34 heavy (non-hydrogen) atoms. The molecule has 6 heteroatoms. The second-order valence-electron chi connectivity index (χ2n) is 10.3. The number of aliphatic hydroxyl groups excluding tert-OH is 3. The molecule has 0 aliphatic heterocycles. The Morgan fingerprint density at radius 3 is 2.41 bits per heavy atom. The number of carbonyl (C=O) groups is 2. The van der Waals surface area contributed by atoms with Gasteiger partial charge in [-0.25, -0.2) is 0 Å². The quantitative estimate of drug-likeness (QED) is 0.273. The van der Waals surface area contributed by atoms with Crippen LogP contribution in [0.2, 0.25) is 0 Å². The zero-order valence-corrected chi connectivity index (χ0v) is 21.0. The van der Waals surface area contributed by atoms with Crippen molar-refractivity contribution in [2.45, 2.75) is 90.2 Å². The number of carbonyl (C=O) groups excluding carboxylic acids is 2. The van der Waals surface area contributed by atoms with Gasteiger partial charge >= 0.3 is 0 Å². The van der Waals surface area contributed by atoms with Crippen molar-refractivity contribution in [3.05, 3.63) is 35.9 Å². The summed E-state index contributed by atoms with van der Waals surface area (Å²) in [4.78, 5) is 24.4. The first-order valence-electron chi connectivity index (χ1n) is 13.1. The number of hydrogen-bond donors (Lipinski definition) is 4. The van der Waals surface area contributed by atoms with Crippen LogP contribution in [0.5, 0.6) is 0 Å². The van der Waals surface area contributed by atoms with Gasteiger partial charge in [0, 0.05) is 18.8 Å². The molecule has 1 amide bonds. The summed E-state index contributed by atoms with van der Waals surface area (Å²) < 4.78 is 0. The molecular formula is C28H45NO5. The molecule has 5 atom stereocenters. The lowest BCUT2D eigenvalue weighted by Crippen LogP contribution is -2.39. The molecule has 1 fully saturated rings. The number of rotatable bonds is 16. The van der Waals surface area contributed by atoms with E-state index in [1.54, 1.807) is 0 Å². The normalized spacial score (nSPS) is 22.2. The number of aryl methyl sites for hydroxylation is 1. The van der Waals surface area contributed by atoms with Crippen molar-refractivity contribution in [3.63, 3.8) is 0 Å². The number of Topliss-reactive ketones (excluding diaryl/α,β-unsaturated/α-hetero) is 1. The third-order valence-electron chi connectivity index (χ3n) is 7.41. The van der Waals surface area contributed by atoms with Crippen molar-refractivity contribution in [1.29, 1.82) is 0 Å². The SMILES string of the molecule is CC(CCc1ccccc1)CC(C)C1C(O)CC(=O)C1CCCCCCC(=O)NC(CO)CO. The predicted molar refractivity (Wildman–Crippen MR) is 134 cm³/mol. The van der Waals surface area contributed by atoms with Gasteiger partial charge in [-0.2, -0.15) is 0 Å². The molecule has 1 saturated carbocycles. The van der Waals surface area contributed by atoms with Gasteiger partial charge in [-0.3, -0.25) is 9.59 Å². The van der Waals surface area contributed by atoms with Gasteiger partial charge in [0.15, 0.2) is 0 Å². The van der Waals surface area contributed by atoms with E-state index in [0.29, 0.717) is 18.3 Å². The van der Waals surface area contributed by atoms with E-state index in [0.717, 1.165) is 51.4 Å².